The lowest BCUT2D eigenvalue weighted by Crippen LogP contribution is -2.12. The van der Waals surface area contributed by atoms with Gasteiger partial charge in [-0.2, -0.15) is 0 Å². The smallest absolute Gasteiger partial charge is 0.255 e. The van der Waals surface area contributed by atoms with Gasteiger partial charge in [-0.15, -0.1) is 0 Å². The minimum Gasteiger partial charge on any atom is -0.494 e. The van der Waals surface area contributed by atoms with Crippen LogP contribution < -0.4 is 14.8 Å². The molecule has 3 aromatic carbocycles. The molecule has 1 N–H and O–H groups in total. The predicted molar refractivity (Wildman–Crippen MR) is 118 cm³/mol. The van der Waals surface area contributed by atoms with Crippen LogP contribution in [0.25, 0.3) is 0 Å². The van der Waals surface area contributed by atoms with E-state index in [1.165, 1.54) is 5.56 Å². The Labute approximate surface area is 177 Å². The fourth-order valence-corrected chi connectivity index (χ4v) is 2.92. The van der Waals surface area contributed by atoms with Gasteiger partial charge >= 0.3 is 0 Å². The standard InChI is InChI=1S/C25H27NO4/c1-28-17-18-30-23-14-12-21(13-15-23)25(27)26-22-10-5-11-24(19-22)29-16-6-9-20-7-3-2-4-8-20/h2-5,7-8,10-15,19H,6,9,16-18H2,1H3,(H,26,27). The average molecular weight is 405 g/mol. The normalized spacial score (nSPS) is 10.4. The molecule has 0 bridgehead atoms. The van der Waals surface area contributed by atoms with E-state index in [1.54, 1.807) is 31.4 Å². The van der Waals surface area contributed by atoms with E-state index in [0.29, 0.717) is 36.8 Å². The summed E-state index contributed by atoms with van der Waals surface area (Å²) < 4.78 is 16.3. The maximum Gasteiger partial charge on any atom is 0.255 e. The molecule has 0 radical (unpaired) electrons. The van der Waals surface area contributed by atoms with E-state index >= 15 is 0 Å². The lowest BCUT2D eigenvalue weighted by Gasteiger charge is -2.10. The Hall–Kier alpha value is -3.31. The first kappa shape index (κ1) is 21.4. The summed E-state index contributed by atoms with van der Waals surface area (Å²) in [4.78, 5) is 12.5. The third-order valence-corrected chi connectivity index (χ3v) is 4.49. The van der Waals surface area contributed by atoms with Crippen molar-refractivity contribution in [2.75, 3.05) is 32.2 Å². The molecule has 1 amide bonds. The molecule has 5 nitrogen and oxygen atoms in total. The maximum absolute atomic E-state index is 12.5. The largest absolute Gasteiger partial charge is 0.494 e. The second kappa shape index (κ2) is 11.6. The van der Waals surface area contributed by atoms with Crippen molar-refractivity contribution in [2.24, 2.45) is 0 Å². The number of carbonyl (C=O) groups is 1. The molecule has 0 heterocycles. The number of aryl methyl sites for hydroxylation is 1. The summed E-state index contributed by atoms with van der Waals surface area (Å²) in [5.74, 6) is 1.26. The van der Waals surface area contributed by atoms with Gasteiger partial charge < -0.3 is 19.5 Å². The van der Waals surface area contributed by atoms with Crippen LogP contribution in [-0.2, 0) is 11.2 Å². The zero-order valence-corrected chi connectivity index (χ0v) is 17.2. The lowest BCUT2D eigenvalue weighted by molar-refractivity contribution is 0.102. The van der Waals surface area contributed by atoms with Gasteiger partial charge in [0.15, 0.2) is 0 Å². The van der Waals surface area contributed by atoms with Gasteiger partial charge in [0, 0.05) is 24.4 Å². The Morgan fingerprint density at radius 1 is 0.800 bits per heavy atom. The van der Waals surface area contributed by atoms with Gasteiger partial charge in [-0.05, 0) is 54.8 Å². The summed E-state index contributed by atoms with van der Waals surface area (Å²) in [6.45, 7) is 1.61. The molecule has 0 spiro atoms. The van der Waals surface area contributed by atoms with Gasteiger partial charge in [-0.3, -0.25) is 4.79 Å². The zero-order chi connectivity index (χ0) is 21.0. The van der Waals surface area contributed by atoms with Crippen molar-refractivity contribution in [3.8, 4) is 11.5 Å². The number of carbonyl (C=O) groups excluding carboxylic acids is 1. The monoisotopic (exact) mass is 405 g/mol. The van der Waals surface area contributed by atoms with Gasteiger partial charge in [0.2, 0.25) is 0 Å². The number of rotatable bonds is 11. The van der Waals surface area contributed by atoms with Crippen LogP contribution in [0.1, 0.15) is 22.3 Å². The molecule has 3 aromatic rings. The molecule has 0 aliphatic rings. The van der Waals surface area contributed by atoms with Crippen LogP contribution in [0.15, 0.2) is 78.9 Å². The molecule has 5 heteroatoms. The van der Waals surface area contributed by atoms with Gasteiger partial charge in [0.25, 0.3) is 5.91 Å². The lowest BCUT2D eigenvalue weighted by atomic mass is 10.1. The van der Waals surface area contributed by atoms with Gasteiger partial charge in [0.05, 0.1) is 13.2 Å². The van der Waals surface area contributed by atoms with E-state index < -0.39 is 0 Å². The van der Waals surface area contributed by atoms with E-state index in [9.17, 15) is 4.79 Å². The fourth-order valence-electron chi connectivity index (χ4n) is 2.92. The van der Waals surface area contributed by atoms with Crippen LogP contribution in [0.2, 0.25) is 0 Å². The van der Waals surface area contributed by atoms with Crippen LogP contribution in [0.3, 0.4) is 0 Å². The minimum atomic E-state index is -0.181. The van der Waals surface area contributed by atoms with Crippen LogP contribution in [-0.4, -0.2) is 32.8 Å². The summed E-state index contributed by atoms with van der Waals surface area (Å²) in [6.07, 6.45) is 1.90. The molecule has 0 atom stereocenters. The molecule has 3 rings (SSSR count). The Morgan fingerprint density at radius 3 is 2.33 bits per heavy atom. The molecular weight excluding hydrogens is 378 g/mol. The topological polar surface area (TPSA) is 56.8 Å². The Kier molecular flexibility index (Phi) is 8.30. The second-order valence-electron chi connectivity index (χ2n) is 6.79. The first-order chi connectivity index (χ1) is 14.7. The first-order valence-corrected chi connectivity index (χ1v) is 10.0. The maximum atomic E-state index is 12.5. The number of methoxy groups -OCH3 is 1. The van der Waals surface area contributed by atoms with Crippen LogP contribution in [0.5, 0.6) is 11.5 Å². The molecule has 156 valence electrons. The van der Waals surface area contributed by atoms with Crippen molar-refractivity contribution in [1.82, 2.24) is 0 Å². The Bertz CT molecular complexity index is 910. The quantitative estimate of drug-likeness (QED) is 0.457. The highest BCUT2D eigenvalue weighted by molar-refractivity contribution is 6.04. The molecular formula is C25H27NO4. The molecule has 0 aromatic heterocycles. The molecule has 0 fully saturated rings. The first-order valence-electron chi connectivity index (χ1n) is 10.0. The average Bonchev–Trinajstić information content (AvgIpc) is 2.78. The van der Waals surface area contributed by atoms with Crippen molar-refractivity contribution in [2.45, 2.75) is 12.8 Å². The fraction of sp³-hybridized carbons (Fsp3) is 0.240. The molecule has 0 saturated carbocycles. The van der Waals surface area contributed by atoms with Crippen molar-refractivity contribution >= 4 is 11.6 Å². The summed E-state index contributed by atoms with van der Waals surface area (Å²) >= 11 is 0. The summed E-state index contributed by atoms with van der Waals surface area (Å²) in [5.41, 5.74) is 2.56. The van der Waals surface area contributed by atoms with E-state index in [0.717, 1.165) is 18.6 Å². The number of hydrogen-bond acceptors (Lipinski definition) is 4. The van der Waals surface area contributed by atoms with E-state index in [1.807, 2.05) is 42.5 Å². The number of ether oxygens (including phenoxy) is 3. The third-order valence-electron chi connectivity index (χ3n) is 4.49. The van der Waals surface area contributed by atoms with Crippen LogP contribution in [0, 0.1) is 0 Å². The van der Waals surface area contributed by atoms with Crippen molar-refractivity contribution in [3.05, 3.63) is 90.0 Å². The Balaban J connectivity index is 1.47. The molecule has 0 unspecified atom stereocenters. The predicted octanol–water partition coefficient (Wildman–Crippen LogP) is 4.98. The summed E-state index contributed by atoms with van der Waals surface area (Å²) in [6, 6.07) is 24.8. The van der Waals surface area contributed by atoms with Gasteiger partial charge in [0.1, 0.15) is 18.1 Å². The van der Waals surface area contributed by atoms with Gasteiger partial charge in [-0.1, -0.05) is 36.4 Å². The molecule has 0 aliphatic heterocycles. The van der Waals surface area contributed by atoms with E-state index in [2.05, 4.69) is 17.4 Å². The molecule has 0 saturated heterocycles. The third kappa shape index (κ3) is 6.94. The van der Waals surface area contributed by atoms with Crippen molar-refractivity contribution < 1.29 is 19.0 Å². The summed E-state index contributed by atoms with van der Waals surface area (Å²) in [5, 5.41) is 2.91. The van der Waals surface area contributed by atoms with Crippen molar-refractivity contribution in [1.29, 1.82) is 0 Å². The second-order valence-corrected chi connectivity index (χ2v) is 6.79. The highest BCUT2D eigenvalue weighted by atomic mass is 16.5. The van der Waals surface area contributed by atoms with Crippen LogP contribution >= 0.6 is 0 Å². The Morgan fingerprint density at radius 2 is 1.57 bits per heavy atom. The number of amides is 1. The highest BCUT2D eigenvalue weighted by Crippen LogP contribution is 2.19. The minimum absolute atomic E-state index is 0.181. The number of anilines is 1. The van der Waals surface area contributed by atoms with E-state index in [4.69, 9.17) is 14.2 Å². The van der Waals surface area contributed by atoms with Crippen molar-refractivity contribution in [3.63, 3.8) is 0 Å². The summed E-state index contributed by atoms with van der Waals surface area (Å²) in [7, 11) is 1.63. The number of nitrogens with one attached hydrogen (secondary N) is 1. The number of hydrogen-bond donors (Lipinski definition) is 1. The van der Waals surface area contributed by atoms with Crippen LogP contribution in [0.4, 0.5) is 5.69 Å². The van der Waals surface area contributed by atoms with E-state index in [-0.39, 0.29) is 5.91 Å². The highest BCUT2D eigenvalue weighted by Gasteiger charge is 2.07. The molecule has 30 heavy (non-hydrogen) atoms. The number of benzene rings is 3. The van der Waals surface area contributed by atoms with Gasteiger partial charge in [-0.25, -0.2) is 0 Å². The molecule has 0 aliphatic carbocycles. The zero-order valence-electron chi connectivity index (χ0n) is 17.2. The SMILES string of the molecule is COCCOc1ccc(C(=O)Nc2cccc(OCCCc3ccccc3)c2)cc1.